The van der Waals surface area contributed by atoms with E-state index in [0.717, 1.165) is 67.8 Å². The van der Waals surface area contributed by atoms with E-state index < -0.39 is 0 Å². The highest BCUT2D eigenvalue weighted by Crippen LogP contribution is 2.56. The molecule has 2 aliphatic heterocycles. The third-order valence-corrected chi connectivity index (χ3v) is 15.0. The average molecular weight is 944 g/mol. The quantitative estimate of drug-likeness (QED) is 0.166. The Morgan fingerprint density at radius 3 is 1.05 bits per heavy atom. The van der Waals surface area contributed by atoms with E-state index in [1.807, 2.05) is 12.4 Å². The van der Waals surface area contributed by atoms with Gasteiger partial charge in [0.2, 0.25) is 0 Å². The van der Waals surface area contributed by atoms with Gasteiger partial charge in [-0.25, -0.2) is 0 Å². The van der Waals surface area contributed by atoms with Crippen LogP contribution in [0.5, 0.6) is 0 Å². The molecule has 13 aromatic rings. The van der Waals surface area contributed by atoms with Gasteiger partial charge in [0.15, 0.2) is 0 Å². The summed E-state index contributed by atoms with van der Waals surface area (Å²) in [5.74, 6) is 0. The number of fused-ring (bicyclic) bond motifs is 14. The van der Waals surface area contributed by atoms with Crippen LogP contribution in [0.25, 0.3) is 100 Å². The van der Waals surface area contributed by atoms with E-state index in [0.29, 0.717) is 0 Å². The first-order valence-electron chi connectivity index (χ1n) is 25.3. The zero-order valence-electron chi connectivity index (χ0n) is 40.2. The summed E-state index contributed by atoms with van der Waals surface area (Å²) < 4.78 is 4.89. The third kappa shape index (κ3) is 6.40. The lowest BCUT2D eigenvalue weighted by Gasteiger charge is -2.28. The minimum absolute atomic E-state index is 1.04. The van der Waals surface area contributed by atoms with Crippen molar-refractivity contribution in [1.82, 2.24) is 14.1 Å². The van der Waals surface area contributed by atoms with Crippen molar-refractivity contribution in [2.75, 3.05) is 9.80 Å². The number of hydrogen-bond donors (Lipinski definition) is 0. The number of rotatable bonds is 6. The molecule has 0 aliphatic carbocycles. The molecule has 2 aliphatic rings. The zero-order chi connectivity index (χ0) is 48.7. The number of anilines is 6. The Balaban J connectivity index is 0.848. The first kappa shape index (κ1) is 41.8. The van der Waals surface area contributed by atoms with Crippen molar-refractivity contribution in [3.8, 4) is 78.4 Å². The van der Waals surface area contributed by atoms with Crippen LogP contribution in [-0.2, 0) is 0 Å². The Bertz CT molecular complexity index is 4060. The minimum Gasteiger partial charge on any atom is -0.309 e. The third-order valence-electron chi connectivity index (χ3n) is 15.0. The fourth-order valence-electron chi connectivity index (χ4n) is 11.9. The van der Waals surface area contributed by atoms with Crippen molar-refractivity contribution in [1.29, 1.82) is 0 Å². The molecule has 0 spiro atoms. The van der Waals surface area contributed by atoms with Crippen LogP contribution in [0.4, 0.5) is 34.1 Å². The van der Waals surface area contributed by atoms with Crippen molar-refractivity contribution < 1.29 is 0 Å². The zero-order valence-corrected chi connectivity index (χ0v) is 40.2. The van der Waals surface area contributed by atoms with Gasteiger partial charge >= 0.3 is 0 Å². The Morgan fingerprint density at radius 2 is 0.608 bits per heavy atom. The number of benzene rings is 10. The molecule has 10 aromatic carbocycles. The summed E-state index contributed by atoms with van der Waals surface area (Å²) in [6.45, 7) is 0. The summed E-state index contributed by atoms with van der Waals surface area (Å²) in [6.07, 6.45) is 3.98. The highest BCUT2D eigenvalue weighted by atomic mass is 15.2. The van der Waals surface area contributed by atoms with Gasteiger partial charge in [-0.2, -0.15) is 0 Å². The summed E-state index contributed by atoms with van der Waals surface area (Å²) in [7, 11) is 0. The molecule has 74 heavy (non-hydrogen) atoms. The van der Waals surface area contributed by atoms with Gasteiger partial charge in [0.25, 0.3) is 0 Å². The molecule has 0 saturated heterocycles. The molecule has 3 aromatic heterocycles. The van der Waals surface area contributed by atoms with Crippen LogP contribution in [-0.4, -0.2) is 14.1 Å². The Kier molecular flexibility index (Phi) is 9.50. The van der Waals surface area contributed by atoms with Gasteiger partial charge in [-0.1, -0.05) is 170 Å². The number of hydrogen-bond acceptors (Lipinski definition) is 3. The topological polar surface area (TPSA) is 29.2 Å². The lowest BCUT2D eigenvalue weighted by Crippen LogP contribution is -2.11. The van der Waals surface area contributed by atoms with Gasteiger partial charge in [0.1, 0.15) is 0 Å². The highest BCUT2D eigenvalue weighted by molar-refractivity contribution is 6.14. The highest BCUT2D eigenvalue weighted by Gasteiger charge is 2.33. The van der Waals surface area contributed by atoms with Crippen molar-refractivity contribution >= 4 is 55.9 Å². The summed E-state index contributed by atoms with van der Waals surface area (Å²) in [5, 5.41) is 2.45. The van der Waals surface area contributed by atoms with Gasteiger partial charge in [-0.15, -0.1) is 0 Å². The number of pyridine rings is 1. The molecule has 5 nitrogen and oxygen atoms in total. The van der Waals surface area contributed by atoms with Crippen molar-refractivity contribution in [3.63, 3.8) is 0 Å². The molecule has 346 valence electrons. The lowest BCUT2D eigenvalue weighted by atomic mass is 9.98. The molecular formula is C69H45N5. The summed E-state index contributed by atoms with van der Waals surface area (Å²) in [5.41, 5.74) is 25.1. The van der Waals surface area contributed by atoms with E-state index in [1.54, 1.807) is 0 Å². The molecule has 5 heterocycles. The molecule has 0 saturated carbocycles. The van der Waals surface area contributed by atoms with E-state index in [9.17, 15) is 0 Å². The summed E-state index contributed by atoms with van der Waals surface area (Å²) in [6, 6.07) is 94.8. The molecule has 15 rings (SSSR count). The fraction of sp³-hybridized carbons (Fsp3) is 0. The first-order valence-corrected chi connectivity index (χ1v) is 25.3. The maximum Gasteiger partial charge on any atom is 0.0641 e. The van der Waals surface area contributed by atoms with Crippen molar-refractivity contribution in [2.24, 2.45) is 0 Å². The summed E-state index contributed by atoms with van der Waals surface area (Å²) >= 11 is 0. The number of aromatic nitrogens is 3. The molecular weight excluding hydrogens is 899 g/mol. The van der Waals surface area contributed by atoms with E-state index >= 15 is 0 Å². The van der Waals surface area contributed by atoms with Crippen LogP contribution in [0.15, 0.2) is 273 Å². The lowest BCUT2D eigenvalue weighted by molar-refractivity contribution is 1.13. The van der Waals surface area contributed by atoms with Gasteiger partial charge in [-0.05, 0) is 102 Å². The van der Waals surface area contributed by atoms with Crippen LogP contribution in [0.3, 0.4) is 0 Å². The molecule has 0 fully saturated rings. The van der Waals surface area contributed by atoms with Gasteiger partial charge in [0, 0.05) is 90.4 Å². The summed E-state index contributed by atoms with van der Waals surface area (Å²) in [4.78, 5) is 9.82. The van der Waals surface area contributed by atoms with Gasteiger partial charge in [-0.3, -0.25) is 4.98 Å². The SMILES string of the molecule is c1ccc(-n2c3c(c4ccccc42)-c2ccccc2N(c2cccc(-c4cncc(-c5cccc(N6c7ccccc7-c7c(n(-c8ccccc8)c8ccccc78)-c7ccccc76)c5)c4)c2)c2ccccc2-3)cc1. The van der Waals surface area contributed by atoms with Gasteiger partial charge < -0.3 is 18.9 Å². The maximum atomic E-state index is 4.94. The van der Waals surface area contributed by atoms with E-state index in [-0.39, 0.29) is 0 Å². The van der Waals surface area contributed by atoms with Crippen molar-refractivity contribution in [3.05, 3.63) is 273 Å². The van der Waals surface area contributed by atoms with E-state index in [4.69, 9.17) is 4.98 Å². The average Bonchev–Trinajstić information content (AvgIpc) is 3.92. The molecule has 0 amide bonds. The molecule has 5 heteroatoms. The molecule has 0 unspecified atom stereocenters. The standard InChI is InChI=1S/C69H45N5/c1-3-23-50(24-4-1)73-62-37-15-9-31-56(62)66-54-29-7-13-35-60(54)71(64-39-17-11-33-58(64)68(66)73)52-27-19-21-46(42-52)48-41-49(45-70-44-48)47-22-20-28-53(43-47)72-61-36-14-8-30-55(61)67-57-32-10-16-38-63(57)74(51-25-5-2-6-26-51)69(67)59-34-12-18-40-65(59)72/h1-45H. The van der Waals surface area contributed by atoms with Crippen LogP contribution in [0, 0.1) is 0 Å². The predicted molar refractivity (Wildman–Crippen MR) is 307 cm³/mol. The molecule has 0 N–H and O–H groups in total. The maximum absolute atomic E-state index is 4.94. The van der Waals surface area contributed by atoms with Crippen LogP contribution in [0.1, 0.15) is 0 Å². The van der Waals surface area contributed by atoms with E-state index in [2.05, 4.69) is 280 Å². The molecule has 0 radical (unpaired) electrons. The fourth-order valence-corrected chi connectivity index (χ4v) is 11.9. The monoisotopic (exact) mass is 943 g/mol. The normalized spacial score (nSPS) is 12.3. The van der Waals surface area contributed by atoms with Crippen LogP contribution >= 0.6 is 0 Å². The predicted octanol–water partition coefficient (Wildman–Crippen LogP) is 18.5. The van der Waals surface area contributed by atoms with Gasteiger partial charge in [0.05, 0.1) is 45.2 Å². The second-order valence-corrected chi connectivity index (χ2v) is 19.1. The Hall–Kier alpha value is -9.97. The first-order chi connectivity index (χ1) is 36.8. The molecule has 0 atom stereocenters. The second kappa shape index (κ2) is 16.8. The van der Waals surface area contributed by atoms with E-state index in [1.165, 1.54) is 66.6 Å². The van der Waals surface area contributed by atoms with Crippen LogP contribution in [0.2, 0.25) is 0 Å². The Morgan fingerprint density at radius 1 is 0.257 bits per heavy atom. The van der Waals surface area contributed by atoms with Crippen molar-refractivity contribution in [2.45, 2.75) is 0 Å². The smallest absolute Gasteiger partial charge is 0.0641 e. The Labute approximate surface area is 429 Å². The molecule has 0 bridgehead atoms. The minimum atomic E-state index is 1.04. The number of nitrogens with zero attached hydrogens (tertiary/aromatic N) is 5. The number of para-hydroxylation sites is 8. The largest absolute Gasteiger partial charge is 0.309 e. The van der Waals surface area contributed by atoms with Crippen LogP contribution < -0.4 is 9.80 Å². The second-order valence-electron chi connectivity index (χ2n) is 19.1.